The van der Waals surface area contributed by atoms with Gasteiger partial charge in [0.05, 0.1) is 4.92 Å². The van der Waals surface area contributed by atoms with Gasteiger partial charge < -0.3 is 10.6 Å². The second-order valence-corrected chi connectivity index (χ2v) is 6.90. The minimum atomic E-state index is -0.713. The minimum absolute atomic E-state index is 0.000670. The van der Waals surface area contributed by atoms with E-state index in [0.717, 1.165) is 0 Å². The number of amides is 2. The summed E-state index contributed by atoms with van der Waals surface area (Å²) < 4.78 is 0. The molecule has 0 aliphatic heterocycles. The number of nitrogens with one attached hydrogen (secondary N) is 2. The molecule has 140 valence electrons. The Bertz CT molecular complexity index is 884. The highest BCUT2D eigenvalue weighted by atomic mass is 16.6. The zero-order valence-corrected chi connectivity index (χ0v) is 15.4. The Balaban J connectivity index is 2.36. The molecule has 27 heavy (non-hydrogen) atoms. The first kappa shape index (κ1) is 19.8. The molecule has 0 aromatic heterocycles. The Morgan fingerprint density at radius 2 is 1.59 bits per heavy atom. The lowest BCUT2D eigenvalue weighted by molar-refractivity contribution is -0.383. The predicted molar refractivity (Wildman–Crippen MR) is 104 cm³/mol. The fourth-order valence-electron chi connectivity index (χ4n) is 2.11. The van der Waals surface area contributed by atoms with Crippen molar-refractivity contribution in [2.24, 2.45) is 5.41 Å². The smallest absolute Gasteiger partial charge is 0.292 e. The van der Waals surface area contributed by atoms with Crippen LogP contribution in [0.3, 0.4) is 0 Å². The molecule has 0 aliphatic carbocycles. The summed E-state index contributed by atoms with van der Waals surface area (Å²) in [4.78, 5) is 35.7. The maximum absolute atomic E-state index is 12.7. The average Bonchev–Trinajstić information content (AvgIpc) is 2.61. The van der Waals surface area contributed by atoms with Crippen molar-refractivity contribution in [1.29, 1.82) is 0 Å². The Hall–Kier alpha value is -3.48. The van der Waals surface area contributed by atoms with Crippen LogP contribution in [0.25, 0.3) is 6.08 Å². The number of hydrogen-bond donors (Lipinski definition) is 2. The number of hydrogen-bond acceptors (Lipinski definition) is 4. The molecular weight excluding hydrogens is 346 g/mol. The largest absolute Gasteiger partial charge is 0.321 e. The number of nitro groups is 1. The summed E-state index contributed by atoms with van der Waals surface area (Å²) in [6.45, 7) is 5.17. The SMILES string of the molecule is CC(C)(C)C(=O)N/C(=C/c1ccccc1)C(=O)Nc1ccccc1[N+](=O)[O-]. The third kappa shape index (κ3) is 5.50. The van der Waals surface area contributed by atoms with Gasteiger partial charge in [0, 0.05) is 11.5 Å². The fraction of sp³-hybridized carbons (Fsp3) is 0.200. The molecule has 0 heterocycles. The van der Waals surface area contributed by atoms with E-state index in [1.54, 1.807) is 51.1 Å². The first-order valence-electron chi connectivity index (χ1n) is 8.31. The Kier molecular flexibility index (Phi) is 6.07. The van der Waals surface area contributed by atoms with E-state index in [2.05, 4.69) is 10.6 Å². The van der Waals surface area contributed by atoms with Gasteiger partial charge in [-0.25, -0.2) is 0 Å². The van der Waals surface area contributed by atoms with Gasteiger partial charge in [0.15, 0.2) is 0 Å². The van der Waals surface area contributed by atoms with Gasteiger partial charge >= 0.3 is 0 Å². The van der Waals surface area contributed by atoms with Crippen LogP contribution in [-0.4, -0.2) is 16.7 Å². The van der Waals surface area contributed by atoms with E-state index in [9.17, 15) is 19.7 Å². The lowest BCUT2D eigenvalue weighted by Gasteiger charge is -2.19. The summed E-state index contributed by atoms with van der Waals surface area (Å²) in [7, 11) is 0. The molecule has 0 fully saturated rings. The van der Waals surface area contributed by atoms with Crippen molar-refractivity contribution in [3.63, 3.8) is 0 Å². The first-order chi connectivity index (χ1) is 12.7. The maximum Gasteiger partial charge on any atom is 0.292 e. The molecule has 0 unspecified atom stereocenters. The summed E-state index contributed by atoms with van der Waals surface area (Å²) in [6, 6.07) is 14.8. The number of nitrogens with zero attached hydrogens (tertiary/aromatic N) is 1. The summed E-state index contributed by atoms with van der Waals surface area (Å²) in [5.74, 6) is -0.992. The van der Waals surface area contributed by atoms with Gasteiger partial charge in [-0.15, -0.1) is 0 Å². The zero-order valence-electron chi connectivity index (χ0n) is 15.4. The molecule has 7 heteroatoms. The van der Waals surface area contributed by atoms with Gasteiger partial charge in [-0.05, 0) is 17.7 Å². The highest BCUT2D eigenvalue weighted by molar-refractivity contribution is 6.09. The molecule has 2 rings (SSSR count). The van der Waals surface area contributed by atoms with Crippen molar-refractivity contribution in [1.82, 2.24) is 5.32 Å². The molecule has 0 bridgehead atoms. The van der Waals surface area contributed by atoms with Crippen LogP contribution >= 0.6 is 0 Å². The van der Waals surface area contributed by atoms with E-state index in [-0.39, 0.29) is 23.0 Å². The van der Waals surface area contributed by atoms with Crippen molar-refractivity contribution >= 4 is 29.3 Å². The molecule has 0 saturated carbocycles. The van der Waals surface area contributed by atoms with Crippen molar-refractivity contribution in [3.8, 4) is 0 Å². The molecule has 2 aromatic carbocycles. The van der Waals surface area contributed by atoms with E-state index >= 15 is 0 Å². The van der Waals surface area contributed by atoms with Gasteiger partial charge in [0.1, 0.15) is 11.4 Å². The third-order valence-electron chi connectivity index (χ3n) is 3.63. The van der Waals surface area contributed by atoms with Crippen LogP contribution in [0.15, 0.2) is 60.3 Å². The topological polar surface area (TPSA) is 101 Å². The van der Waals surface area contributed by atoms with E-state index < -0.39 is 16.2 Å². The predicted octanol–water partition coefficient (Wildman–Crippen LogP) is 3.74. The standard InChI is InChI=1S/C20H21N3O4/c1-20(2,3)19(25)22-16(13-14-9-5-4-6-10-14)18(24)21-15-11-7-8-12-17(15)23(26)27/h4-13H,1-3H3,(H,21,24)(H,22,25)/b16-13+. The van der Waals surface area contributed by atoms with E-state index in [4.69, 9.17) is 0 Å². The van der Waals surface area contributed by atoms with Gasteiger partial charge in [-0.1, -0.05) is 63.2 Å². The summed E-state index contributed by atoms with van der Waals surface area (Å²) in [5.41, 5.74) is -0.184. The monoisotopic (exact) mass is 367 g/mol. The van der Waals surface area contributed by atoms with Gasteiger partial charge in [-0.2, -0.15) is 0 Å². The number of rotatable bonds is 5. The van der Waals surface area contributed by atoms with E-state index in [1.165, 1.54) is 24.3 Å². The molecule has 0 radical (unpaired) electrons. The number of nitro benzene ring substituents is 1. The van der Waals surface area contributed by atoms with Gasteiger partial charge in [0.25, 0.3) is 11.6 Å². The normalized spacial score (nSPS) is 11.6. The van der Waals surface area contributed by atoms with Crippen LogP contribution in [0.5, 0.6) is 0 Å². The quantitative estimate of drug-likeness (QED) is 0.477. The molecule has 0 spiro atoms. The highest BCUT2D eigenvalue weighted by Crippen LogP contribution is 2.24. The van der Waals surface area contributed by atoms with Crippen molar-refractivity contribution < 1.29 is 14.5 Å². The van der Waals surface area contributed by atoms with Gasteiger partial charge in [-0.3, -0.25) is 19.7 Å². The molecular formula is C20H21N3O4. The number of carbonyl (C=O) groups excluding carboxylic acids is 2. The van der Waals surface area contributed by atoms with Crippen LogP contribution in [0, 0.1) is 15.5 Å². The summed E-state index contributed by atoms with van der Waals surface area (Å²) in [5, 5.41) is 16.3. The molecule has 0 atom stereocenters. The van der Waals surface area contributed by atoms with Crippen molar-refractivity contribution in [3.05, 3.63) is 76.0 Å². The molecule has 2 aromatic rings. The van der Waals surface area contributed by atoms with Crippen LogP contribution < -0.4 is 10.6 Å². The van der Waals surface area contributed by atoms with E-state index in [1.807, 2.05) is 6.07 Å². The van der Waals surface area contributed by atoms with Crippen LogP contribution in [-0.2, 0) is 9.59 Å². The Morgan fingerprint density at radius 3 is 2.19 bits per heavy atom. The molecule has 2 N–H and O–H groups in total. The fourth-order valence-corrected chi connectivity index (χ4v) is 2.11. The number of anilines is 1. The second kappa shape index (κ2) is 8.27. The summed E-state index contributed by atoms with van der Waals surface area (Å²) >= 11 is 0. The first-order valence-corrected chi connectivity index (χ1v) is 8.31. The number of benzene rings is 2. The highest BCUT2D eigenvalue weighted by Gasteiger charge is 2.25. The molecule has 7 nitrogen and oxygen atoms in total. The van der Waals surface area contributed by atoms with Crippen LogP contribution in [0.4, 0.5) is 11.4 Å². The maximum atomic E-state index is 12.7. The Morgan fingerprint density at radius 1 is 1.00 bits per heavy atom. The average molecular weight is 367 g/mol. The van der Waals surface area contributed by atoms with Crippen molar-refractivity contribution in [2.45, 2.75) is 20.8 Å². The van der Waals surface area contributed by atoms with Crippen LogP contribution in [0.1, 0.15) is 26.3 Å². The third-order valence-corrected chi connectivity index (χ3v) is 3.63. The number of para-hydroxylation sites is 2. The number of carbonyl (C=O) groups is 2. The van der Waals surface area contributed by atoms with Gasteiger partial charge in [0.2, 0.25) is 5.91 Å². The summed E-state index contributed by atoms with van der Waals surface area (Å²) in [6.07, 6.45) is 1.52. The second-order valence-electron chi connectivity index (χ2n) is 6.90. The Labute approximate surface area is 157 Å². The molecule has 2 amide bonds. The van der Waals surface area contributed by atoms with Crippen molar-refractivity contribution in [2.75, 3.05) is 5.32 Å². The lowest BCUT2D eigenvalue weighted by atomic mass is 9.95. The van der Waals surface area contributed by atoms with E-state index in [0.29, 0.717) is 5.56 Å². The van der Waals surface area contributed by atoms with Crippen LogP contribution in [0.2, 0.25) is 0 Å². The minimum Gasteiger partial charge on any atom is -0.321 e. The zero-order chi connectivity index (χ0) is 20.0. The lowest BCUT2D eigenvalue weighted by Crippen LogP contribution is -2.38. The molecule has 0 saturated heterocycles. The molecule has 0 aliphatic rings.